The molecule has 1 aromatic heterocycles. The molecule has 134 valence electrons. The van der Waals surface area contributed by atoms with Gasteiger partial charge in [0.15, 0.2) is 0 Å². The van der Waals surface area contributed by atoms with E-state index >= 15 is 0 Å². The summed E-state index contributed by atoms with van der Waals surface area (Å²) in [5.41, 5.74) is 0.780. The van der Waals surface area contributed by atoms with Gasteiger partial charge in [-0.05, 0) is 6.42 Å². The average molecular weight is 363 g/mol. The van der Waals surface area contributed by atoms with Crippen molar-refractivity contribution in [1.82, 2.24) is 14.8 Å². The van der Waals surface area contributed by atoms with Crippen LogP contribution >= 0.6 is 0 Å². The lowest BCUT2D eigenvalue weighted by molar-refractivity contribution is -0.129. The largest absolute Gasteiger partial charge is 0.361 e. The fourth-order valence-corrected chi connectivity index (χ4v) is 4.17. The topological polar surface area (TPSA) is 92.5 Å². The highest BCUT2D eigenvalue weighted by Gasteiger charge is 2.47. The Balaban J connectivity index is 1.85. The number of hydrogen-bond donors (Lipinski definition) is 1. The van der Waals surface area contributed by atoms with E-state index in [0.29, 0.717) is 30.8 Å². The van der Waals surface area contributed by atoms with Crippen LogP contribution in [0, 0.1) is 5.41 Å². The molecule has 8 heteroatoms. The number of carbonyl (C=O) groups excluding carboxylic acids is 1. The van der Waals surface area contributed by atoms with Gasteiger partial charge in [0, 0.05) is 38.2 Å². The Labute approximate surface area is 147 Å². The monoisotopic (exact) mass is 363 g/mol. The molecule has 0 unspecified atom stereocenters. The molecule has 0 spiro atoms. The molecular weight excluding hydrogens is 342 g/mol. The summed E-state index contributed by atoms with van der Waals surface area (Å²) in [4.78, 5) is 12.5. The molecule has 1 aromatic carbocycles. The van der Waals surface area contributed by atoms with E-state index in [0.717, 1.165) is 11.8 Å². The minimum Gasteiger partial charge on any atom is -0.361 e. The summed E-state index contributed by atoms with van der Waals surface area (Å²) in [5, 5.41) is 6.73. The van der Waals surface area contributed by atoms with Gasteiger partial charge in [0.1, 0.15) is 11.5 Å². The molecule has 1 aliphatic rings. The molecule has 0 radical (unpaired) electrons. The molecule has 25 heavy (non-hydrogen) atoms. The van der Waals surface area contributed by atoms with E-state index < -0.39 is 15.4 Å². The van der Waals surface area contributed by atoms with E-state index in [1.165, 1.54) is 4.31 Å². The second-order valence-corrected chi connectivity index (χ2v) is 8.41. The summed E-state index contributed by atoms with van der Waals surface area (Å²) in [6.45, 7) is 0.471. The Morgan fingerprint density at radius 1 is 1.36 bits per heavy atom. The molecule has 1 N–H and O–H groups in total. The van der Waals surface area contributed by atoms with Gasteiger partial charge in [0.25, 0.3) is 0 Å². The fraction of sp³-hybridized carbons (Fsp3) is 0.412. The first-order valence-corrected chi connectivity index (χ1v) is 9.87. The van der Waals surface area contributed by atoms with Crippen LogP contribution in [0.1, 0.15) is 12.2 Å². The van der Waals surface area contributed by atoms with Gasteiger partial charge in [-0.2, -0.15) is 0 Å². The molecule has 1 saturated heterocycles. The molecule has 0 saturated carbocycles. The first kappa shape index (κ1) is 17.6. The van der Waals surface area contributed by atoms with Gasteiger partial charge in [-0.1, -0.05) is 35.5 Å². The summed E-state index contributed by atoms with van der Waals surface area (Å²) in [5.74, 6) is 0.383. The van der Waals surface area contributed by atoms with Crippen LogP contribution in [-0.2, 0) is 21.2 Å². The van der Waals surface area contributed by atoms with Crippen LogP contribution in [0.25, 0.3) is 11.3 Å². The average Bonchev–Trinajstić information content (AvgIpc) is 3.23. The maximum absolute atomic E-state index is 12.5. The third-order valence-electron chi connectivity index (χ3n) is 4.64. The van der Waals surface area contributed by atoms with Crippen LogP contribution in [0.4, 0.5) is 0 Å². The number of hydrogen-bond acceptors (Lipinski definition) is 5. The summed E-state index contributed by atoms with van der Waals surface area (Å²) < 4.78 is 30.4. The molecular formula is C17H21N3O4S. The van der Waals surface area contributed by atoms with E-state index in [4.69, 9.17) is 4.52 Å². The van der Waals surface area contributed by atoms with Crippen molar-refractivity contribution in [3.8, 4) is 11.3 Å². The number of rotatable bonds is 5. The molecule has 1 fully saturated rings. The van der Waals surface area contributed by atoms with E-state index in [1.807, 2.05) is 36.4 Å². The van der Waals surface area contributed by atoms with Gasteiger partial charge in [-0.3, -0.25) is 4.79 Å². The van der Waals surface area contributed by atoms with Crippen LogP contribution < -0.4 is 5.32 Å². The summed E-state index contributed by atoms with van der Waals surface area (Å²) in [7, 11) is -1.78. The maximum Gasteiger partial charge on any atom is 0.227 e. The molecule has 2 heterocycles. The van der Waals surface area contributed by atoms with Gasteiger partial charge in [-0.15, -0.1) is 0 Å². The third kappa shape index (κ3) is 3.59. The smallest absolute Gasteiger partial charge is 0.227 e. The Kier molecular flexibility index (Phi) is 4.66. The predicted octanol–water partition coefficient (Wildman–Crippen LogP) is 1.28. The molecule has 1 amide bonds. The highest BCUT2D eigenvalue weighted by molar-refractivity contribution is 7.88. The lowest BCUT2D eigenvalue weighted by Crippen LogP contribution is -2.43. The Bertz CT molecular complexity index is 863. The first-order valence-electron chi connectivity index (χ1n) is 8.02. The normalized spacial score (nSPS) is 21.4. The van der Waals surface area contributed by atoms with Gasteiger partial charge in [0.2, 0.25) is 15.9 Å². The standard InChI is InChI=1S/C17H21N3O4S/c1-18-16(21)17(8-9-20(12-17)25(2,22)23)11-14-10-15(19-24-14)13-6-4-3-5-7-13/h3-7,10H,8-9,11-12H2,1-2H3,(H,18,21)/t17-/m1/s1. The van der Waals surface area contributed by atoms with Gasteiger partial charge in [-0.25, -0.2) is 12.7 Å². The lowest BCUT2D eigenvalue weighted by Gasteiger charge is -2.25. The molecule has 1 aliphatic heterocycles. The first-order chi connectivity index (χ1) is 11.8. The molecule has 0 bridgehead atoms. The second-order valence-electron chi connectivity index (χ2n) is 6.43. The van der Waals surface area contributed by atoms with Crippen LogP contribution in [0.15, 0.2) is 40.9 Å². The molecule has 0 aliphatic carbocycles. The highest BCUT2D eigenvalue weighted by atomic mass is 32.2. The van der Waals surface area contributed by atoms with Crippen LogP contribution in [-0.4, -0.2) is 50.2 Å². The number of nitrogens with one attached hydrogen (secondary N) is 1. The fourth-order valence-electron chi connectivity index (χ4n) is 3.27. The van der Waals surface area contributed by atoms with Crippen molar-refractivity contribution in [2.45, 2.75) is 12.8 Å². The molecule has 3 rings (SSSR count). The second kappa shape index (κ2) is 6.61. The van der Waals surface area contributed by atoms with E-state index in [9.17, 15) is 13.2 Å². The van der Waals surface area contributed by atoms with Crippen LogP contribution in [0.5, 0.6) is 0 Å². The predicted molar refractivity (Wildman–Crippen MR) is 93.2 cm³/mol. The number of sulfonamides is 1. The third-order valence-corrected chi connectivity index (χ3v) is 5.89. The number of nitrogens with zero attached hydrogens (tertiary/aromatic N) is 2. The van der Waals surface area contributed by atoms with Crippen LogP contribution in [0.2, 0.25) is 0 Å². The van der Waals surface area contributed by atoms with Crippen molar-refractivity contribution >= 4 is 15.9 Å². The number of aromatic nitrogens is 1. The lowest BCUT2D eigenvalue weighted by atomic mass is 9.81. The summed E-state index contributed by atoms with van der Waals surface area (Å²) >= 11 is 0. The van der Waals surface area contributed by atoms with Crippen molar-refractivity contribution in [1.29, 1.82) is 0 Å². The minimum absolute atomic E-state index is 0.146. The minimum atomic E-state index is -3.34. The van der Waals surface area contributed by atoms with Crippen molar-refractivity contribution in [3.05, 3.63) is 42.2 Å². The highest BCUT2D eigenvalue weighted by Crippen LogP contribution is 2.36. The molecule has 7 nitrogen and oxygen atoms in total. The zero-order valence-corrected chi connectivity index (χ0v) is 15.0. The van der Waals surface area contributed by atoms with Crippen LogP contribution in [0.3, 0.4) is 0 Å². The van der Waals surface area contributed by atoms with E-state index in [1.54, 1.807) is 7.05 Å². The van der Waals surface area contributed by atoms with Crippen molar-refractivity contribution in [2.75, 3.05) is 26.4 Å². The van der Waals surface area contributed by atoms with Gasteiger partial charge < -0.3 is 9.84 Å². The van der Waals surface area contributed by atoms with E-state index in [-0.39, 0.29) is 12.5 Å². The molecule has 2 aromatic rings. The number of benzene rings is 1. The Morgan fingerprint density at radius 3 is 2.68 bits per heavy atom. The summed E-state index contributed by atoms with van der Waals surface area (Å²) in [6.07, 6.45) is 1.91. The number of amides is 1. The van der Waals surface area contributed by atoms with Crippen molar-refractivity contribution in [2.24, 2.45) is 5.41 Å². The Hall–Kier alpha value is -2.19. The van der Waals surface area contributed by atoms with Crippen molar-refractivity contribution < 1.29 is 17.7 Å². The van der Waals surface area contributed by atoms with Crippen molar-refractivity contribution in [3.63, 3.8) is 0 Å². The van der Waals surface area contributed by atoms with E-state index in [2.05, 4.69) is 10.5 Å². The zero-order valence-electron chi connectivity index (χ0n) is 14.2. The maximum atomic E-state index is 12.5. The SMILES string of the molecule is CNC(=O)[C@@]1(Cc2cc(-c3ccccc3)no2)CCN(S(C)(=O)=O)C1. The Morgan fingerprint density at radius 2 is 2.08 bits per heavy atom. The summed E-state index contributed by atoms with van der Waals surface area (Å²) in [6, 6.07) is 11.4. The quantitative estimate of drug-likeness (QED) is 0.864. The zero-order chi connectivity index (χ0) is 18.1. The van der Waals surface area contributed by atoms with Gasteiger partial charge >= 0.3 is 0 Å². The molecule has 1 atom stereocenters. The van der Waals surface area contributed by atoms with Gasteiger partial charge in [0.05, 0.1) is 11.7 Å². The number of carbonyl (C=O) groups is 1.